The smallest absolute Gasteiger partial charge is 0.237 e. The summed E-state index contributed by atoms with van der Waals surface area (Å²) in [5.74, 6) is 3.90. The first kappa shape index (κ1) is 20.3. The van der Waals surface area contributed by atoms with Gasteiger partial charge in [-0.05, 0) is 31.9 Å². The summed E-state index contributed by atoms with van der Waals surface area (Å²) in [6.45, 7) is 5.54. The highest BCUT2D eigenvalue weighted by atomic mass is 35.5. The van der Waals surface area contributed by atoms with Crippen LogP contribution < -0.4 is 4.90 Å². The third-order valence-corrected chi connectivity index (χ3v) is 6.57. The molecule has 0 N–H and O–H groups in total. The standard InChI is InChI=1S/C23H23ClN8O/c1-3-18-22-29-28-14(2)31(22)19-12-26-23(27-21(19)32(18)17-7-10-33-13-17)30-9-8-25-20(30)15-5-4-6-16(24)11-15/h4-6,8-9,11-12,17-18H,3,7,10,13H2,1-2H3. The number of benzene rings is 1. The minimum atomic E-state index is 0.0586. The van der Waals surface area contributed by atoms with Crippen molar-refractivity contribution in [2.75, 3.05) is 18.1 Å². The molecule has 5 heterocycles. The number of hydrogen-bond acceptors (Lipinski definition) is 7. The number of fused-ring (bicyclic) bond motifs is 3. The van der Waals surface area contributed by atoms with Crippen LogP contribution in [0.4, 0.5) is 5.82 Å². The van der Waals surface area contributed by atoms with Crippen LogP contribution in [0, 0.1) is 6.92 Å². The van der Waals surface area contributed by atoms with E-state index in [0.29, 0.717) is 17.6 Å². The van der Waals surface area contributed by atoms with Crippen molar-refractivity contribution in [2.45, 2.75) is 38.8 Å². The number of nitrogens with zero attached hydrogens (tertiary/aromatic N) is 8. The average Bonchev–Trinajstić information content (AvgIpc) is 3.59. The molecule has 2 aliphatic heterocycles. The van der Waals surface area contributed by atoms with Crippen LogP contribution in [-0.4, -0.2) is 53.5 Å². The number of imidazole rings is 1. The fraction of sp³-hybridized carbons (Fsp3) is 0.348. The van der Waals surface area contributed by atoms with Gasteiger partial charge in [-0.2, -0.15) is 4.98 Å². The number of rotatable bonds is 4. The van der Waals surface area contributed by atoms with Gasteiger partial charge >= 0.3 is 0 Å². The highest BCUT2D eigenvalue weighted by Gasteiger charge is 2.39. The molecule has 4 aromatic rings. The van der Waals surface area contributed by atoms with Crippen LogP contribution in [0.3, 0.4) is 0 Å². The second-order valence-corrected chi connectivity index (χ2v) is 8.74. The molecule has 1 aromatic carbocycles. The van der Waals surface area contributed by atoms with Crippen molar-refractivity contribution in [3.8, 4) is 23.0 Å². The number of halogens is 1. The van der Waals surface area contributed by atoms with Crippen LogP contribution in [0.1, 0.15) is 37.5 Å². The predicted octanol–water partition coefficient (Wildman–Crippen LogP) is 3.93. The summed E-state index contributed by atoms with van der Waals surface area (Å²) in [6, 6.07) is 7.90. The zero-order valence-corrected chi connectivity index (χ0v) is 19.1. The van der Waals surface area contributed by atoms with Gasteiger partial charge in [-0.3, -0.25) is 9.13 Å². The number of aryl methyl sites for hydroxylation is 1. The van der Waals surface area contributed by atoms with E-state index in [2.05, 4.69) is 31.6 Å². The van der Waals surface area contributed by atoms with Crippen LogP contribution in [0.25, 0.3) is 23.0 Å². The van der Waals surface area contributed by atoms with E-state index >= 15 is 0 Å². The first-order chi connectivity index (χ1) is 16.2. The minimum absolute atomic E-state index is 0.0586. The molecule has 33 heavy (non-hydrogen) atoms. The van der Waals surface area contributed by atoms with Crippen molar-refractivity contribution in [3.63, 3.8) is 0 Å². The topological polar surface area (TPSA) is 86.8 Å². The lowest BCUT2D eigenvalue weighted by atomic mass is 10.0. The summed E-state index contributed by atoms with van der Waals surface area (Å²) in [5.41, 5.74) is 1.79. The Morgan fingerprint density at radius 3 is 2.91 bits per heavy atom. The Balaban J connectivity index is 1.53. The van der Waals surface area contributed by atoms with E-state index in [9.17, 15) is 0 Å². The number of hydrogen-bond donors (Lipinski definition) is 0. The Morgan fingerprint density at radius 1 is 1.21 bits per heavy atom. The van der Waals surface area contributed by atoms with E-state index in [1.165, 1.54) is 0 Å². The summed E-state index contributed by atoms with van der Waals surface area (Å²) in [7, 11) is 0. The lowest BCUT2D eigenvalue weighted by Crippen LogP contribution is -2.43. The van der Waals surface area contributed by atoms with E-state index in [0.717, 1.165) is 54.0 Å². The maximum atomic E-state index is 6.23. The Hall–Kier alpha value is -3.30. The van der Waals surface area contributed by atoms with E-state index in [4.69, 9.17) is 26.3 Å². The van der Waals surface area contributed by atoms with E-state index < -0.39 is 0 Å². The van der Waals surface area contributed by atoms with Gasteiger partial charge in [0.25, 0.3) is 0 Å². The Labute approximate surface area is 196 Å². The van der Waals surface area contributed by atoms with Crippen LogP contribution in [0.15, 0.2) is 42.9 Å². The molecule has 0 saturated carbocycles. The fourth-order valence-corrected chi connectivity index (χ4v) is 5.03. The van der Waals surface area contributed by atoms with Crippen molar-refractivity contribution in [3.05, 3.63) is 59.5 Å². The van der Waals surface area contributed by atoms with E-state index in [1.807, 2.05) is 48.1 Å². The van der Waals surface area contributed by atoms with Gasteiger partial charge in [-0.15, -0.1) is 10.2 Å². The van der Waals surface area contributed by atoms with Gasteiger partial charge in [0.1, 0.15) is 17.3 Å². The summed E-state index contributed by atoms with van der Waals surface area (Å²) in [4.78, 5) is 16.7. The SMILES string of the molecule is CCC1c2nnc(C)n2-c2cnc(-n3ccnc3-c3cccc(Cl)c3)nc2N1C1CCOC1. The molecule has 1 fully saturated rings. The third-order valence-electron chi connectivity index (χ3n) is 6.33. The van der Waals surface area contributed by atoms with Crippen LogP contribution in [0.2, 0.25) is 5.02 Å². The third kappa shape index (κ3) is 3.22. The summed E-state index contributed by atoms with van der Waals surface area (Å²) < 4.78 is 9.71. The van der Waals surface area contributed by atoms with Crippen molar-refractivity contribution < 1.29 is 4.74 Å². The van der Waals surface area contributed by atoms with Crippen molar-refractivity contribution in [1.29, 1.82) is 0 Å². The largest absolute Gasteiger partial charge is 0.379 e. The predicted molar refractivity (Wildman–Crippen MR) is 124 cm³/mol. The van der Waals surface area contributed by atoms with Gasteiger partial charge in [0.2, 0.25) is 5.95 Å². The molecule has 3 aromatic heterocycles. The molecule has 2 unspecified atom stereocenters. The Morgan fingerprint density at radius 2 is 2.12 bits per heavy atom. The van der Waals surface area contributed by atoms with Crippen molar-refractivity contribution in [1.82, 2.24) is 34.3 Å². The second-order valence-electron chi connectivity index (χ2n) is 8.30. The Kier molecular flexibility index (Phi) is 4.88. The van der Waals surface area contributed by atoms with Gasteiger partial charge in [0.15, 0.2) is 11.6 Å². The maximum absolute atomic E-state index is 6.23. The Bertz CT molecular complexity index is 1330. The quantitative estimate of drug-likeness (QED) is 0.454. The zero-order valence-electron chi connectivity index (χ0n) is 18.4. The molecule has 0 bridgehead atoms. The molecular weight excluding hydrogens is 440 g/mol. The maximum Gasteiger partial charge on any atom is 0.237 e. The fourth-order valence-electron chi connectivity index (χ4n) is 4.84. The monoisotopic (exact) mass is 462 g/mol. The second kappa shape index (κ2) is 7.93. The van der Waals surface area contributed by atoms with Gasteiger partial charge in [-0.1, -0.05) is 30.7 Å². The molecular formula is C23H23ClN8O. The van der Waals surface area contributed by atoms with Crippen molar-refractivity contribution in [2.24, 2.45) is 0 Å². The van der Waals surface area contributed by atoms with Crippen LogP contribution in [0.5, 0.6) is 0 Å². The first-order valence-corrected chi connectivity index (χ1v) is 11.5. The highest BCUT2D eigenvalue weighted by Crippen LogP contribution is 2.41. The van der Waals surface area contributed by atoms with Gasteiger partial charge in [-0.25, -0.2) is 9.97 Å². The van der Waals surface area contributed by atoms with Crippen molar-refractivity contribution >= 4 is 17.4 Å². The molecule has 0 spiro atoms. The lowest BCUT2D eigenvalue weighted by Gasteiger charge is -2.40. The molecule has 1 saturated heterocycles. The van der Waals surface area contributed by atoms with Crippen LogP contribution in [-0.2, 0) is 4.74 Å². The minimum Gasteiger partial charge on any atom is -0.379 e. The van der Waals surface area contributed by atoms with E-state index in [-0.39, 0.29) is 12.1 Å². The zero-order chi connectivity index (χ0) is 22.5. The summed E-state index contributed by atoms with van der Waals surface area (Å²) in [5, 5.41) is 9.53. The number of ether oxygens (including phenoxy) is 1. The number of anilines is 1. The molecule has 0 aliphatic carbocycles. The average molecular weight is 463 g/mol. The van der Waals surface area contributed by atoms with Gasteiger partial charge in [0.05, 0.1) is 24.9 Å². The molecule has 6 rings (SSSR count). The lowest BCUT2D eigenvalue weighted by molar-refractivity contribution is 0.191. The normalized spacial score (nSPS) is 19.5. The summed E-state index contributed by atoms with van der Waals surface area (Å²) in [6.07, 6.45) is 7.30. The van der Waals surface area contributed by atoms with Gasteiger partial charge in [0, 0.05) is 29.6 Å². The molecule has 2 aliphatic rings. The van der Waals surface area contributed by atoms with Crippen LogP contribution >= 0.6 is 11.6 Å². The highest BCUT2D eigenvalue weighted by molar-refractivity contribution is 6.30. The molecule has 2 atom stereocenters. The molecule has 0 amide bonds. The molecule has 168 valence electrons. The molecule has 9 nitrogen and oxygen atoms in total. The summed E-state index contributed by atoms with van der Waals surface area (Å²) >= 11 is 6.23. The first-order valence-electron chi connectivity index (χ1n) is 11.1. The number of aromatic nitrogens is 7. The van der Waals surface area contributed by atoms with E-state index in [1.54, 1.807) is 6.20 Å². The molecule has 0 radical (unpaired) electrons. The van der Waals surface area contributed by atoms with Gasteiger partial charge < -0.3 is 9.64 Å². The molecule has 10 heteroatoms.